The molecule has 1 rings (SSSR count). The summed E-state index contributed by atoms with van der Waals surface area (Å²) in [5.41, 5.74) is 0. The molecule has 0 aromatic carbocycles. The van der Waals surface area contributed by atoms with Gasteiger partial charge >= 0.3 is 0 Å². The van der Waals surface area contributed by atoms with Crippen LogP contribution in [0.1, 0.15) is 6.42 Å². The van der Waals surface area contributed by atoms with E-state index >= 15 is 0 Å². The minimum atomic E-state index is 0.625. The van der Waals surface area contributed by atoms with E-state index in [1.165, 1.54) is 0 Å². The summed E-state index contributed by atoms with van der Waals surface area (Å²) < 4.78 is 5.40. The first-order valence-corrected chi connectivity index (χ1v) is 3.94. The Kier molecular flexibility index (Phi) is 3.17. The van der Waals surface area contributed by atoms with Crippen molar-refractivity contribution in [2.75, 3.05) is 26.7 Å². The minimum Gasteiger partial charge on any atom is -0.493 e. The van der Waals surface area contributed by atoms with Crippen LogP contribution in [0.4, 0.5) is 0 Å². The number of hydrogen-bond acceptors (Lipinski definition) is 2. The number of likely N-dealkylation sites (N-methyl/N-ethyl adjacent to an activating group) is 1. The van der Waals surface area contributed by atoms with Crippen LogP contribution in [0.25, 0.3) is 0 Å². The molecule has 0 saturated heterocycles. The number of ether oxygens (including phenoxy) is 1. The SMILES string of the molecule is C=CCOC1=CCCN(C)C1. The Morgan fingerprint density at radius 1 is 1.82 bits per heavy atom. The number of hydrogen-bond donors (Lipinski definition) is 0. The monoisotopic (exact) mass is 153 g/mol. The Morgan fingerprint density at radius 2 is 2.64 bits per heavy atom. The van der Waals surface area contributed by atoms with Crippen molar-refractivity contribution in [3.05, 3.63) is 24.5 Å². The minimum absolute atomic E-state index is 0.625. The molecule has 2 nitrogen and oxygen atoms in total. The Balaban J connectivity index is 2.32. The fraction of sp³-hybridized carbons (Fsp3) is 0.556. The van der Waals surface area contributed by atoms with Crippen LogP contribution in [0.2, 0.25) is 0 Å². The molecule has 0 aromatic heterocycles. The first kappa shape index (κ1) is 8.34. The smallest absolute Gasteiger partial charge is 0.106 e. The lowest BCUT2D eigenvalue weighted by Crippen LogP contribution is -2.26. The van der Waals surface area contributed by atoms with E-state index in [2.05, 4.69) is 24.6 Å². The van der Waals surface area contributed by atoms with Gasteiger partial charge < -0.3 is 4.74 Å². The average molecular weight is 153 g/mol. The molecular formula is C9H15NO. The Morgan fingerprint density at radius 3 is 3.27 bits per heavy atom. The molecule has 0 fully saturated rings. The van der Waals surface area contributed by atoms with Gasteiger partial charge in [-0.15, -0.1) is 0 Å². The van der Waals surface area contributed by atoms with Gasteiger partial charge in [0.05, 0.1) is 6.54 Å². The maximum Gasteiger partial charge on any atom is 0.106 e. The van der Waals surface area contributed by atoms with Crippen molar-refractivity contribution in [3.63, 3.8) is 0 Å². The van der Waals surface area contributed by atoms with E-state index in [1.54, 1.807) is 6.08 Å². The molecule has 0 aromatic rings. The second-order valence-electron chi connectivity index (χ2n) is 2.80. The van der Waals surface area contributed by atoms with Crippen LogP contribution in [0.15, 0.2) is 24.5 Å². The maximum absolute atomic E-state index is 5.40. The molecule has 11 heavy (non-hydrogen) atoms. The van der Waals surface area contributed by atoms with Crippen molar-refractivity contribution in [1.82, 2.24) is 4.90 Å². The van der Waals surface area contributed by atoms with E-state index in [1.807, 2.05) is 0 Å². The molecule has 2 heteroatoms. The summed E-state index contributed by atoms with van der Waals surface area (Å²) >= 11 is 0. The lowest BCUT2D eigenvalue weighted by molar-refractivity contribution is 0.193. The van der Waals surface area contributed by atoms with Gasteiger partial charge in [-0.05, 0) is 19.5 Å². The van der Waals surface area contributed by atoms with Gasteiger partial charge in [-0.25, -0.2) is 0 Å². The molecule has 0 N–H and O–H groups in total. The first-order chi connectivity index (χ1) is 5.33. The summed E-state index contributed by atoms with van der Waals surface area (Å²) in [4.78, 5) is 2.25. The summed E-state index contributed by atoms with van der Waals surface area (Å²) in [6, 6.07) is 0. The lowest BCUT2D eigenvalue weighted by Gasteiger charge is -2.22. The molecule has 0 amide bonds. The van der Waals surface area contributed by atoms with Gasteiger partial charge in [-0.2, -0.15) is 0 Å². The van der Waals surface area contributed by atoms with E-state index in [0.717, 1.165) is 25.3 Å². The zero-order valence-corrected chi connectivity index (χ0v) is 7.05. The van der Waals surface area contributed by atoms with Crippen LogP contribution < -0.4 is 0 Å². The van der Waals surface area contributed by atoms with Crippen molar-refractivity contribution in [2.24, 2.45) is 0 Å². The lowest BCUT2D eigenvalue weighted by atomic mass is 10.2. The van der Waals surface area contributed by atoms with Crippen molar-refractivity contribution >= 4 is 0 Å². The molecule has 62 valence electrons. The molecule has 1 aliphatic heterocycles. The molecular weight excluding hydrogens is 138 g/mol. The molecule has 0 spiro atoms. The average Bonchev–Trinajstić information content (AvgIpc) is 2.01. The van der Waals surface area contributed by atoms with Crippen molar-refractivity contribution in [3.8, 4) is 0 Å². The van der Waals surface area contributed by atoms with Crippen LogP contribution in [0.3, 0.4) is 0 Å². The molecule has 0 aliphatic carbocycles. The van der Waals surface area contributed by atoms with Crippen molar-refractivity contribution in [1.29, 1.82) is 0 Å². The molecule has 0 unspecified atom stereocenters. The van der Waals surface area contributed by atoms with Crippen LogP contribution in [-0.2, 0) is 4.74 Å². The van der Waals surface area contributed by atoms with E-state index in [0.29, 0.717) is 6.61 Å². The fourth-order valence-electron chi connectivity index (χ4n) is 1.13. The van der Waals surface area contributed by atoms with Gasteiger partial charge in [0.1, 0.15) is 12.4 Å². The third-order valence-electron chi connectivity index (χ3n) is 1.70. The summed E-state index contributed by atoms with van der Waals surface area (Å²) in [5, 5.41) is 0. The van der Waals surface area contributed by atoms with Gasteiger partial charge in [0, 0.05) is 6.54 Å². The highest BCUT2D eigenvalue weighted by atomic mass is 16.5. The van der Waals surface area contributed by atoms with Gasteiger partial charge in [0.2, 0.25) is 0 Å². The predicted octanol–water partition coefficient (Wildman–Crippen LogP) is 1.41. The van der Waals surface area contributed by atoms with Gasteiger partial charge in [-0.1, -0.05) is 12.7 Å². The van der Waals surface area contributed by atoms with Crippen LogP contribution in [-0.4, -0.2) is 31.6 Å². The van der Waals surface area contributed by atoms with E-state index in [-0.39, 0.29) is 0 Å². The molecule has 1 aliphatic rings. The molecule has 0 radical (unpaired) electrons. The van der Waals surface area contributed by atoms with E-state index < -0.39 is 0 Å². The van der Waals surface area contributed by atoms with Crippen LogP contribution in [0.5, 0.6) is 0 Å². The molecule has 0 atom stereocenters. The first-order valence-electron chi connectivity index (χ1n) is 3.94. The Hall–Kier alpha value is -0.760. The Labute approximate surface area is 68.1 Å². The maximum atomic E-state index is 5.40. The van der Waals surface area contributed by atoms with Gasteiger partial charge in [0.25, 0.3) is 0 Å². The summed E-state index contributed by atoms with van der Waals surface area (Å²) in [5.74, 6) is 1.08. The largest absolute Gasteiger partial charge is 0.493 e. The second-order valence-corrected chi connectivity index (χ2v) is 2.80. The van der Waals surface area contributed by atoms with Crippen molar-refractivity contribution < 1.29 is 4.74 Å². The topological polar surface area (TPSA) is 12.5 Å². The highest BCUT2D eigenvalue weighted by molar-refractivity contribution is 5.00. The Bertz CT molecular complexity index is 163. The van der Waals surface area contributed by atoms with Gasteiger partial charge in [-0.3, -0.25) is 4.90 Å². The third-order valence-corrected chi connectivity index (χ3v) is 1.70. The highest BCUT2D eigenvalue weighted by Gasteiger charge is 2.07. The summed E-state index contributed by atoms with van der Waals surface area (Å²) in [7, 11) is 2.10. The standard InChI is InChI=1S/C9H15NO/c1-3-7-11-9-5-4-6-10(2)8-9/h3,5H,1,4,6-8H2,2H3. The summed E-state index contributed by atoms with van der Waals surface area (Å²) in [6.07, 6.45) is 5.03. The number of rotatable bonds is 3. The summed E-state index contributed by atoms with van der Waals surface area (Å²) in [6.45, 7) is 6.30. The number of nitrogens with zero attached hydrogens (tertiary/aromatic N) is 1. The third kappa shape index (κ3) is 2.76. The molecule has 1 heterocycles. The quantitative estimate of drug-likeness (QED) is 0.568. The second kappa shape index (κ2) is 4.19. The fourth-order valence-corrected chi connectivity index (χ4v) is 1.13. The molecule has 0 bridgehead atoms. The van der Waals surface area contributed by atoms with E-state index in [4.69, 9.17) is 4.74 Å². The zero-order chi connectivity index (χ0) is 8.10. The van der Waals surface area contributed by atoms with Gasteiger partial charge in [0.15, 0.2) is 0 Å². The molecule has 0 saturated carbocycles. The zero-order valence-electron chi connectivity index (χ0n) is 7.05. The van der Waals surface area contributed by atoms with Crippen molar-refractivity contribution in [2.45, 2.75) is 6.42 Å². The van der Waals surface area contributed by atoms with Crippen LogP contribution >= 0.6 is 0 Å². The van der Waals surface area contributed by atoms with E-state index in [9.17, 15) is 0 Å². The normalized spacial score (nSPS) is 19.2. The van der Waals surface area contributed by atoms with Crippen LogP contribution in [0, 0.1) is 0 Å². The predicted molar refractivity (Wildman–Crippen MR) is 46.3 cm³/mol. The highest BCUT2D eigenvalue weighted by Crippen LogP contribution is 2.08.